The maximum Gasteiger partial charge on any atom is 0.314 e. The van der Waals surface area contributed by atoms with Crippen LogP contribution in [0.5, 0.6) is 0 Å². The fraction of sp³-hybridized carbons (Fsp3) is 0.929. The highest BCUT2D eigenvalue weighted by Gasteiger charge is 2.72. The molecule has 54 heavy (non-hydrogen) atoms. The summed E-state index contributed by atoms with van der Waals surface area (Å²) in [5.74, 6) is 0.719. The van der Waals surface area contributed by atoms with Crippen LogP contribution in [-0.2, 0) is 23.7 Å². The van der Waals surface area contributed by atoms with Gasteiger partial charge in [-0.15, -0.1) is 0 Å². The molecule has 0 aromatic carbocycles. The zero-order chi connectivity index (χ0) is 39.5. The third-order valence-electron chi connectivity index (χ3n) is 17.6. The lowest BCUT2D eigenvalue weighted by atomic mass is 9.32. The molecule has 0 aromatic rings. The highest BCUT2D eigenvalue weighted by atomic mass is 16.7. The maximum atomic E-state index is 14.6. The molecule has 0 radical (unpaired) electrons. The molecule has 2 heterocycles. The van der Waals surface area contributed by atoms with Crippen LogP contribution in [0.3, 0.4) is 0 Å². The van der Waals surface area contributed by atoms with Crippen LogP contribution in [0.4, 0.5) is 0 Å². The topological polar surface area (TPSA) is 196 Å². The normalized spacial score (nSPS) is 55.4. The molecule has 308 valence electrons. The average molecular weight is 765 g/mol. The minimum Gasteiger partial charge on any atom is -0.432 e. The van der Waals surface area contributed by atoms with Gasteiger partial charge >= 0.3 is 5.97 Å². The number of carbonyl (C=O) groups is 1. The standard InChI is InChI=1S/C42H68O12/c1-20(2)22-11-16-42(37(50)54-36-34(49)32(47)30(45)24(19-43)52-36)18-17-40(7)23(28(22)42)9-10-26-39(6)14-13-27(38(4,5)25(39)12-15-41(26,40)8)53-35-33(48)31(46)29(44)21(3)51-35/h21-36,43-49H,1,9-19H2,2-8H3/t21-,22-,23+,24+,25-,26+,27-,28+,29-,30+,31+,32-,33+,34+,35-,36-,39-,40+,41+,42-/m0/s1. The third-order valence-corrected chi connectivity index (χ3v) is 17.6. The predicted octanol–water partition coefficient (Wildman–Crippen LogP) is 3.20. The van der Waals surface area contributed by atoms with Gasteiger partial charge in [0.05, 0.1) is 24.2 Å². The predicted molar refractivity (Wildman–Crippen MR) is 196 cm³/mol. The summed E-state index contributed by atoms with van der Waals surface area (Å²) in [6.45, 7) is 19.6. The summed E-state index contributed by atoms with van der Waals surface area (Å²) in [6, 6.07) is 0. The number of hydrogen-bond acceptors (Lipinski definition) is 12. The molecule has 5 saturated carbocycles. The van der Waals surface area contributed by atoms with E-state index in [2.05, 4.69) is 48.1 Å². The van der Waals surface area contributed by atoms with Gasteiger partial charge in [-0.05, 0) is 129 Å². The van der Waals surface area contributed by atoms with E-state index in [-0.39, 0.29) is 45.5 Å². The minimum atomic E-state index is -1.65. The molecule has 0 unspecified atom stereocenters. The zero-order valence-electron chi connectivity index (χ0n) is 33.4. The Kier molecular flexibility index (Phi) is 10.6. The number of aliphatic hydroxyl groups excluding tert-OH is 7. The lowest BCUT2D eigenvalue weighted by molar-refractivity contribution is -0.326. The van der Waals surface area contributed by atoms with Crippen molar-refractivity contribution in [3.8, 4) is 0 Å². The quantitative estimate of drug-likeness (QED) is 0.119. The van der Waals surface area contributed by atoms with Crippen molar-refractivity contribution in [2.75, 3.05) is 6.61 Å². The van der Waals surface area contributed by atoms with Gasteiger partial charge in [-0.3, -0.25) is 4.79 Å². The Morgan fingerprint density at radius 3 is 2.06 bits per heavy atom. The maximum absolute atomic E-state index is 14.6. The van der Waals surface area contributed by atoms with Crippen LogP contribution in [0, 0.1) is 56.7 Å². The second-order valence-corrected chi connectivity index (χ2v) is 20.1. The van der Waals surface area contributed by atoms with Crippen LogP contribution >= 0.6 is 0 Å². The fourth-order valence-corrected chi connectivity index (χ4v) is 14.4. The Morgan fingerprint density at radius 2 is 1.39 bits per heavy atom. The Balaban J connectivity index is 1.14. The van der Waals surface area contributed by atoms with Crippen LogP contribution in [0.15, 0.2) is 12.2 Å². The summed E-state index contributed by atoms with van der Waals surface area (Å²) in [5.41, 5.74) is -0.0201. The summed E-state index contributed by atoms with van der Waals surface area (Å²) in [6.07, 6.45) is -4.42. The van der Waals surface area contributed by atoms with Crippen LogP contribution in [0.2, 0.25) is 0 Å². The SMILES string of the molecule is C=C(C)[C@@H]1CC[C@]2(C(=O)O[C@@H]3O[C@H](CO)[C@@H](O)[C@H](O)[C@H]3O)CC[C@]3(C)[C@H](CC[C@@H]4[C@@]5(C)CC[C@H](O[C@@H]6O[C@@H](C)[C@H](O)[C@@H](O)[C@H]6O)C(C)(C)[C@@H]5CC[C@]43C)[C@@H]12. The highest BCUT2D eigenvalue weighted by Crippen LogP contribution is 2.77. The highest BCUT2D eigenvalue weighted by molar-refractivity contribution is 5.78. The summed E-state index contributed by atoms with van der Waals surface area (Å²) >= 11 is 0. The largest absolute Gasteiger partial charge is 0.432 e. The third kappa shape index (κ3) is 5.77. The van der Waals surface area contributed by atoms with Crippen molar-refractivity contribution in [2.45, 2.75) is 180 Å². The summed E-state index contributed by atoms with van der Waals surface area (Å²) < 4.78 is 24.1. The van der Waals surface area contributed by atoms with Crippen molar-refractivity contribution in [1.82, 2.24) is 0 Å². The molecule has 7 N–H and O–H groups in total. The van der Waals surface area contributed by atoms with Gasteiger partial charge in [-0.1, -0.05) is 46.8 Å². The molecule has 0 bridgehead atoms. The van der Waals surface area contributed by atoms with E-state index < -0.39 is 79.4 Å². The molecule has 7 fully saturated rings. The monoisotopic (exact) mass is 764 g/mol. The smallest absolute Gasteiger partial charge is 0.314 e. The van der Waals surface area contributed by atoms with Crippen LogP contribution in [0.25, 0.3) is 0 Å². The number of rotatable bonds is 6. The first-order valence-electron chi connectivity index (χ1n) is 20.7. The van der Waals surface area contributed by atoms with Gasteiger partial charge in [0.25, 0.3) is 0 Å². The lowest BCUT2D eigenvalue weighted by Gasteiger charge is -2.73. The molecule has 20 atom stereocenters. The molecule has 0 spiro atoms. The van der Waals surface area contributed by atoms with Crippen molar-refractivity contribution in [1.29, 1.82) is 0 Å². The Morgan fingerprint density at radius 1 is 0.722 bits per heavy atom. The zero-order valence-corrected chi connectivity index (χ0v) is 33.4. The number of carbonyl (C=O) groups excluding carboxylic acids is 1. The van der Waals surface area contributed by atoms with Crippen molar-refractivity contribution in [3.63, 3.8) is 0 Å². The van der Waals surface area contributed by atoms with Gasteiger partial charge in [0, 0.05) is 0 Å². The molecular weight excluding hydrogens is 696 g/mol. The molecular formula is C42H68O12. The summed E-state index contributed by atoms with van der Waals surface area (Å²) in [4.78, 5) is 14.6. The second-order valence-electron chi connectivity index (χ2n) is 20.1. The Bertz CT molecular complexity index is 1440. The molecule has 0 amide bonds. The number of allylic oxidation sites excluding steroid dienone is 1. The van der Waals surface area contributed by atoms with E-state index in [4.69, 9.17) is 18.9 Å². The molecule has 2 saturated heterocycles. The number of aliphatic hydroxyl groups is 7. The van der Waals surface area contributed by atoms with Gasteiger partial charge in [0.1, 0.15) is 42.7 Å². The van der Waals surface area contributed by atoms with Gasteiger partial charge in [0.15, 0.2) is 6.29 Å². The lowest BCUT2D eigenvalue weighted by Crippen LogP contribution is -2.67. The molecule has 0 aromatic heterocycles. The van der Waals surface area contributed by atoms with E-state index in [0.29, 0.717) is 24.7 Å². The van der Waals surface area contributed by atoms with E-state index in [1.54, 1.807) is 6.92 Å². The van der Waals surface area contributed by atoms with Gasteiger partial charge in [-0.25, -0.2) is 0 Å². The number of esters is 1. The molecule has 7 aliphatic rings. The van der Waals surface area contributed by atoms with Crippen molar-refractivity contribution >= 4 is 5.97 Å². The molecule has 5 aliphatic carbocycles. The van der Waals surface area contributed by atoms with Crippen molar-refractivity contribution in [2.24, 2.45) is 56.7 Å². The van der Waals surface area contributed by atoms with E-state index in [1.807, 2.05) is 0 Å². The van der Waals surface area contributed by atoms with Gasteiger partial charge < -0.3 is 54.7 Å². The molecule has 7 rings (SSSR count). The molecule has 2 aliphatic heterocycles. The molecule has 12 heteroatoms. The molecule has 12 nitrogen and oxygen atoms in total. The average Bonchev–Trinajstić information content (AvgIpc) is 3.52. The van der Waals surface area contributed by atoms with Crippen LogP contribution in [-0.4, -0.2) is 116 Å². The number of ether oxygens (including phenoxy) is 4. The summed E-state index contributed by atoms with van der Waals surface area (Å²) in [5, 5.41) is 72.9. The summed E-state index contributed by atoms with van der Waals surface area (Å²) in [7, 11) is 0. The Hall–Kier alpha value is -1.19. The first-order chi connectivity index (χ1) is 25.2. The fourth-order valence-electron chi connectivity index (χ4n) is 14.4. The van der Waals surface area contributed by atoms with Crippen LogP contribution < -0.4 is 0 Å². The van der Waals surface area contributed by atoms with E-state index in [0.717, 1.165) is 56.9 Å². The number of hydrogen-bond donors (Lipinski definition) is 7. The van der Waals surface area contributed by atoms with Crippen molar-refractivity contribution in [3.05, 3.63) is 12.2 Å². The van der Waals surface area contributed by atoms with Crippen molar-refractivity contribution < 1.29 is 59.5 Å². The van der Waals surface area contributed by atoms with Gasteiger partial charge in [0.2, 0.25) is 6.29 Å². The first-order valence-corrected chi connectivity index (χ1v) is 20.7. The van der Waals surface area contributed by atoms with E-state index in [1.165, 1.54) is 0 Å². The second kappa shape index (κ2) is 14.0. The van der Waals surface area contributed by atoms with E-state index in [9.17, 15) is 40.5 Å². The number of fused-ring (bicyclic) bond motifs is 7. The van der Waals surface area contributed by atoms with E-state index >= 15 is 0 Å². The Labute approximate surface area is 320 Å². The van der Waals surface area contributed by atoms with Crippen LogP contribution in [0.1, 0.15) is 113 Å². The minimum absolute atomic E-state index is 0.00115. The van der Waals surface area contributed by atoms with Gasteiger partial charge in [-0.2, -0.15) is 0 Å². The first kappa shape index (κ1) is 41.0.